The molecular formula is C13H7FN2O3. The molecule has 94 valence electrons. The zero-order valence-electron chi connectivity index (χ0n) is 9.54. The van der Waals surface area contributed by atoms with E-state index in [1.54, 1.807) is 0 Å². The van der Waals surface area contributed by atoms with Crippen LogP contribution in [0.1, 0.15) is 5.56 Å². The van der Waals surface area contributed by atoms with Crippen molar-refractivity contribution in [1.82, 2.24) is 0 Å². The predicted molar refractivity (Wildman–Crippen MR) is 64.3 cm³/mol. The number of hydrogen-bond donors (Lipinski definition) is 0. The molecule has 0 spiro atoms. The molecule has 0 N–H and O–H groups in total. The van der Waals surface area contributed by atoms with Gasteiger partial charge in [-0.25, -0.2) is 4.39 Å². The summed E-state index contributed by atoms with van der Waals surface area (Å²) in [6.45, 7) is 0. The van der Waals surface area contributed by atoms with Gasteiger partial charge in [0, 0.05) is 12.1 Å². The molecule has 0 amide bonds. The molecule has 0 aliphatic rings. The number of halogens is 1. The third kappa shape index (κ3) is 2.84. The van der Waals surface area contributed by atoms with E-state index in [0.717, 1.165) is 0 Å². The van der Waals surface area contributed by atoms with Crippen LogP contribution in [-0.2, 0) is 0 Å². The molecule has 0 saturated carbocycles. The molecule has 19 heavy (non-hydrogen) atoms. The molecule has 0 fully saturated rings. The van der Waals surface area contributed by atoms with E-state index in [0.29, 0.717) is 0 Å². The molecular weight excluding hydrogens is 251 g/mol. The van der Waals surface area contributed by atoms with Crippen molar-refractivity contribution < 1.29 is 14.1 Å². The fourth-order valence-electron chi connectivity index (χ4n) is 1.45. The van der Waals surface area contributed by atoms with Gasteiger partial charge in [-0.1, -0.05) is 0 Å². The Hall–Kier alpha value is -2.94. The summed E-state index contributed by atoms with van der Waals surface area (Å²) >= 11 is 0. The van der Waals surface area contributed by atoms with Gasteiger partial charge < -0.3 is 4.74 Å². The molecule has 6 heteroatoms. The molecule has 0 aliphatic heterocycles. The highest BCUT2D eigenvalue weighted by atomic mass is 19.1. The lowest BCUT2D eigenvalue weighted by molar-refractivity contribution is -0.385. The van der Waals surface area contributed by atoms with E-state index in [-0.39, 0.29) is 22.7 Å². The highest BCUT2D eigenvalue weighted by Crippen LogP contribution is 2.32. The normalized spacial score (nSPS) is 9.68. The topological polar surface area (TPSA) is 76.2 Å². The number of nitro groups is 1. The molecule has 0 heterocycles. The summed E-state index contributed by atoms with van der Waals surface area (Å²) in [5.41, 5.74) is -0.0222. The lowest BCUT2D eigenvalue weighted by atomic mass is 10.2. The van der Waals surface area contributed by atoms with E-state index in [1.165, 1.54) is 42.5 Å². The van der Waals surface area contributed by atoms with Gasteiger partial charge in [-0.15, -0.1) is 0 Å². The van der Waals surface area contributed by atoms with Crippen LogP contribution in [-0.4, -0.2) is 4.92 Å². The van der Waals surface area contributed by atoms with Crippen LogP contribution < -0.4 is 4.74 Å². The monoisotopic (exact) mass is 258 g/mol. The van der Waals surface area contributed by atoms with Crippen molar-refractivity contribution in [2.24, 2.45) is 0 Å². The molecule has 2 rings (SSSR count). The number of nitro benzene ring substituents is 1. The number of benzene rings is 2. The second-order valence-corrected chi connectivity index (χ2v) is 3.61. The summed E-state index contributed by atoms with van der Waals surface area (Å²) in [4.78, 5) is 10.2. The second kappa shape index (κ2) is 5.14. The Morgan fingerprint density at radius 1 is 1.21 bits per heavy atom. The van der Waals surface area contributed by atoms with Crippen LogP contribution in [0.4, 0.5) is 10.1 Å². The largest absolute Gasteiger partial charge is 0.450 e. The van der Waals surface area contributed by atoms with Crippen molar-refractivity contribution in [3.8, 4) is 17.6 Å². The molecule has 0 saturated heterocycles. The second-order valence-electron chi connectivity index (χ2n) is 3.61. The summed E-state index contributed by atoms with van der Waals surface area (Å²) in [7, 11) is 0. The molecule has 5 nitrogen and oxygen atoms in total. The van der Waals surface area contributed by atoms with Crippen LogP contribution in [0.5, 0.6) is 11.5 Å². The highest BCUT2D eigenvalue weighted by molar-refractivity contribution is 5.52. The standard InChI is InChI=1S/C13H7FN2O3/c14-10-2-4-11(5-3-10)19-13-7-9(8-15)1-6-12(13)16(17)18/h1-7H. The van der Waals surface area contributed by atoms with E-state index >= 15 is 0 Å². The van der Waals surface area contributed by atoms with E-state index in [1.807, 2.05) is 6.07 Å². The van der Waals surface area contributed by atoms with Gasteiger partial charge >= 0.3 is 5.69 Å². The molecule has 0 unspecified atom stereocenters. The Morgan fingerprint density at radius 3 is 2.47 bits per heavy atom. The number of nitrogens with zero attached hydrogens (tertiary/aromatic N) is 2. The summed E-state index contributed by atoms with van der Waals surface area (Å²) in [6, 6.07) is 10.7. The summed E-state index contributed by atoms with van der Waals surface area (Å²) < 4.78 is 18.1. The van der Waals surface area contributed by atoms with Gasteiger partial charge in [-0.05, 0) is 30.3 Å². The Labute approximate surface area is 107 Å². The van der Waals surface area contributed by atoms with Gasteiger partial charge in [0.05, 0.1) is 16.6 Å². The summed E-state index contributed by atoms with van der Waals surface area (Å²) in [5.74, 6) is -0.247. The molecule has 0 aliphatic carbocycles. The van der Waals surface area contributed by atoms with Gasteiger partial charge in [0.1, 0.15) is 11.6 Å². The Morgan fingerprint density at radius 2 is 1.89 bits per heavy atom. The number of ether oxygens (including phenoxy) is 1. The van der Waals surface area contributed by atoms with E-state index in [9.17, 15) is 14.5 Å². The van der Waals surface area contributed by atoms with Crippen LogP contribution in [0.25, 0.3) is 0 Å². The summed E-state index contributed by atoms with van der Waals surface area (Å²) in [5, 5.41) is 19.6. The van der Waals surface area contributed by atoms with Gasteiger partial charge in [0.2, 0.25) is 5.75 Å². The lowest BCUT2D eigenvalue weighted by Crippen LogP contribution is -1.94. The number of nitriles is 1. The molecule has 0 atom stereocenters. The molecule has 2 aromatic rings. The maximum Gasteiger partial charge on any atom is 0.311 e. The van der Waals surface area contributed by atoms with E-state index in [4.69, 9.17) is 10.00 Å². The third-order valence-corrected chi connectivity index (χ3v) is 2.33. The van der Waals surface area contributed by atoms with Crippen LogP contribution in [0.2, 0.25) is 0 Å². The zero-order valence-corrected chi connectivity index (χ0v) is 9.54. The quantitative estimate of drug-likeness (QED) is 0.624. The Bertz CT molecular complexity index is 663. The van der Waals surface area contributed by atoms with Crippen molar-refractivity contribution in [3.63, 3.8) is 0 Å². The molecule has 2 aromatic carbocycles. The van der Waals surface area contributed by atoms with E-state index in [2.05, 4.69) is 0 Å². The van der Waals surface area contributed by atoms with Crippen molar-refractivity contribution in [3.05, 3.63) is 64.0 Å². The SMILES string of the molecule is N#Cc1ccc([N+](=O)[O-])c(Oc2ccc(F)cc2)c1. The zero-order chi connectivity index (χ0) is 13.8. The average Bonchev–Trinajstić information content (AvgIpc) is 2.41. The van der Waals surface area contributed by atoms with E-state index < -0.39 is 10.7 Å². The van der Waals surface area contributed by atoms with Crippen LogP contribution in [0.3, 0.4) is 0 Å². The van der Waals surface area contributed by atoms with Crippen molar-refractivity contribution in [1.29, 1.82) is 5.26 Å². The highest BCUT2D eigenvalue weighted by Gasteiger charge is 2.16. The van der Waals surface area contributed by atoms with Gasteiger partial charge in [0.25, 0.3) is 0 Å². The molecule has 0 bridgehead atoms. The number of hydrogen-bond acceptors (Lipinski definition) is 4. The van der Waals surface area contributed by atoms with Crippen molar-refractivity contribution in [2.45, 2.75) is 0 Å². The molecule has 0 aromatic heterocycles. The first kappa shape index (κ1) is 12.5. The summed E-state index contributed by atoms with van der Waals surface area (Å²) in [6.07, 6.45) is 0. The smallest absolute Gasteiger partial charge is 0.311 e. The van der Waals surface area contributed by atoms with Crippen molar-refractivity contribution in [2.75, 3.05) is 0 Å². The first-order valence-electron chi connectivity index (χ1n) is 5.22. The fourth-order valence-corrected chi connectivity index (χ4v) is 1.45. The minimum atomic E-state index is -0.611. The minimum Gasteiger partial charge on any atom is -0.450 e. The number of rotatable bonds is 3. The van der Waals surface area contributed by atoms with Crippen LogP contribution in [0, 0.1) is 27.3 Å². The minimum absolute atomic E-state index is 0.0596. The average molecular weight is 258 g/mol. The third-order valence-electron chi connectivity index (χ3n) is 2.33. The fraction of sp³-hybridized carbons (Fsp3) is 0. The maximum atomic E-state index is 12.7. The molecule has 0 radical (unpaired) electrons. The first-order chi connectivity index (χ1) is 9.10. The predicted octanol–water partition coefficient (Wildman–Crippen LogP) is 3.40. The van der Waals surface area contributed by atoms with Gasteiger partial charge in [-0.2, -0.15) is 5.26 Å². The Balaban J connectivity index is 2.40. The van der Waals surface area contributed by atoms with Crippen molar-refractivity contribution >= 4 is 5.69 Å². The maximum absolute atomic E-state index is 12.7. The van der Waals surface area contributed by atoms with Gasteiger partial charge in [-0.3, -0.25) is 10.1 Å². The Kier molecular flexibility index (Phi) is 3.39. The van der Waals surface area contributed by atoms with Crippen LogP contribution in [0.15, 0.2) is 42.5 Å². The van der Waals surface area contributed by atoms with Crippen LogP contribution >= 0.6 is 0 Å². The first-order valence-corrected chi connectivity index (χ1v) is 5.22. The van der Waals surface area contributed by atoms with Gasteiger partial charge in [0.15, 0.2) is 0 Å². The lowest BCUT2D eigenvalue weighted by Gasteiger charge is -2.06.